The van der Waals surface area contributed by atoms with Gasteiger partial charge in [-0.05, 0) is 48.2 Å². The van der Waals surface area contributed by atoms with Gasteiger partial charge in [0.25, 0.3) is 0 Å². The van der Waals surface area contributed by atoms with Crippen LogP contribution in [0.5, 0.6) is 5.75 Å². The van der Waals surface area contributed by atoms with Crippen LogP contribution in [-0.4, -0.2) is 25.7 Å². The Bertz CT molecular complexity index is 678. The van der Waals surface area contributed by atoms with Gasteiger partial charge in [0.05, 0.1) is 0 Å². The summed E-state index contributed by atoms with van der Waals surface area (Å²) in [5, 5.41) is 5.39. The molecule has 7 heteroatoms. The third-order valence-electron chi connectivity index (χ3n) is 3.44. The molecule has 0 radical (unpaired) electrons. The Kier molecular flexibility index (Phi) is 7.13. The van der Waals surface area contributed by atoms with Crippen LogP contribution in [-0.2, 0) is 12.8 Å². The summed E-state index contributed by atoms with van der Waals surface area (Å²) in [6, 6.07) is 12.2. The van der Waals surface area contributed by atoms with E-state index in [1.54, 1.807) is 24.3 Å². The van der Waals surface area contributed by atoms with Crippen LogP contribution in [0, 0.1) is 5.82 Å². The molecule has 0 bridgehead atoms. The summed E-state index contributed by atoms with van der Waals surface area (Å²) in [6.45, 7) is -2.04. The zero-order chi connectivity index (χ0) is 18.1. The fourth-order valence-electron chi connectivity index (χ4n) is 2.23. The molecule has 0 saturated carbocycles. The van der Waals surface area contributed by atoms with Crippen molar-refractivity contribution in [2.24, 2.45) is 0 Å². The number of urea groups is 1. The molecule has 2 rings (SSSR count). The topological polar surface area (TPSA) is 50.4 Å². The van der Waals surface area contributed by atoms with Gasteiger partial charge in [0.15, 0.2) is 0 Å². The number of benzene rings is 2. The molecule has 0 heterocycles. The first kappa shape index (κ1) is 18.6. The molecule has 2 aromatic rings. The van der Waals surface area contributed by atoms with Crippen molar-refractivity contribution in [3.63, 3.8) is 0 Å². The molecule has 4 nitrogen and oxygen atoms in total. The number of alkyl halides is 2. The van der Waals surface area contributed by atoms with Gasteiger partial charge < -0.3 is 15.4 Å². The van der Waals surface area contributed by atoms with Crippen LogP contribution >= 0.6 is 0 Å². The standard InChI is InChI=1S/C18H19F3N2O2/c19-15-3-1-2-14(12-15)9-11-23-18(24)22-10-8-13-4-6-16(7-5-13)25-17(20)21/h1-7,12,17H,8-11H2,(H2,22,23,24). The molecule has 0 aliphatic heterocycles. The molecule has 0 aliphatic carbocycles. The maximum absolute atomic E-state index is 13.0. The van der Waals surface area contributed by atoms with Crippen LogP contribution in [0.4, 0.5) is 18.0 Å². The second-order valence-corrected chi connectivity index (χ2v) is 5.34. The normalized spacial score (nSPS) is 10.6. The van der Waals surface area contributed by atoms with Gasteiger partial charge in [0, 0.05) is 13.1 Å². The molecule has 0 fully saturated rings. The number of halogens is 3. The minimum absolute atomic E-state index is 0.0989. The first-order valence-corrected chi connectivity index (χ1v) is 7.83. The predicted molar refractivity (Wildman–Crippen MR) is 88.3 cm³/mol. The summed E-state index contributed by atoms with van der Waals surface area (Å²) in [5.41, 5.74) is 1.70. The van der Waals surface area contributed by atoms with Crippen molar-refractivity contribution in [3.8, 4) is 5.75 Å². The molecule has 2 N–H and O–H groups in total. The lowest BCUT2D eigenvalue weighted by atomic mass is 10.1. The predicted octanol–water partition coefficient (Wildman–Crippen LogP) is 3.51. The van der Waals surface area contributed by atoms with Gasteiger partial charge in [-0.2, -0.15) is 8.78 Å². The van der Waals surface area contributed by atoms with E-state index in [1.165, 1.54) is 24.3 Å². The van der Waals surface area contributed by atoms with Gasteiger partial charge in [-0.25, -0.2) is 9.18 Å². The summed E-state index contributed by atoms with van der Waals surface area (Å²) < 4.78 is 41.4. The maximum atomic E-state index is 13.0. The number of hydrogen-bond acceptors (Lipinski definition) is 2. The molecule has 2 aromatic carbocycles. The number of carbonyl (C=O) groups is 1. The van der Waals surface area contributed by atoms with E-state index in [1.807, 2.05) is 0 Å². The quantitative estimate of drug-likeness (QED) is 0.764. The highest BCUT2D eigenvalue weighted by Crippen LogP contribution is 2.14. The van der Waals surface area contributed by atoms with Crippen molar-refractivity contribution in [1.82, 2.24) is 10.6 Å². The first-order chi connectivity index (χ1) is 12.0. The van der Waals surface area contributed by atoms with Gasteiger partial charge in [-0.3, -0.25) is 0 Å². The van der Waals surface area contributed by atoms with Crippen molar-refractivity contribution in [3.05, 3.63) is 65.5 Å². The van der Waals surface area contributed by atoms with E-state index in [4.69, 9.17) is 0 Å². The van der Waals surface area contributed by atoms with E-state index in [-0.39, 0.29) is 17.6 Å². The summed E-state index contributed by atoms with van der Waals surface area (Å²) in [7, 11) is 0. The van der Waals surface area contributed by atoms with Crippen LogP contribution in [0.2, 0.25) is 0 Å². The molecule has 25 heavy (non-hydrogen) atoms. The Hall–Kier alpha value is -2.70. The highest BCUT2D eigenvalue weighted by molar-refractivity contribution is 5.73. The molecule has 134 valence electrons. The lowest BCUT2D eigenvalue weighted by Crippen LogP contribution is -2.37. The van der Waals surface area contributed by atoms with E-state index < -0.39 is 6.61 Å². The molecule has 0 unspecified atom stereocenters. The van der Waals surface area contributed by atoms with Crippen molar-refractivity contribution in [2.75, 3.05) is 13.1 Å². The van der Waals surface area contributed by atoms with Crippen LogP contribution in [0.3, 0.4) is 0 Å². The number of nitrogens with one attached hydrogen (secondary N) is 2. The molecule has 0 spiro atoms. The van der Waals surface area contributed by atoms with Crippen LogP contribution in [0.15, 0.2) is 48.5 Å². The maximum Gasteiger partial charge on any atom is 0.387 e. The van der Waals surface area contributed by atoms with E-state index in [9.17, 15) is 18.0 Å². The average molecular weight is 352 g/mol. The third-order valence-corrected chi connectivity index (χ3v) is 3.44. The number of amides is 2. The minimum Gasteiger partial charge on any atom is -0.435 e. The molecule has 0 atom stereocenters. The van der Waals surface area contributed by atoms with Gasteiger partial charge in [-0.1, -0.05) is 24.3 Å². The third kappa shape index (κ3) is 7.15. The van der Waals surface area contributed by atoms with Crippen LogP contribution < -0.4 is 15.4 Å². The zero-order valence-electron chi connectivity index (χ0n) is 13.5. The van der Waals surface area contributed by atoms with Crippen LogP contribution in [0.25, 0.3) is 0 Å². The van der Waals surface area contributed by atoms with E-state index in [0.29, 0.717) is 25.9 Å². The Labute approximate surface area is 144 Å². The van der Waals surface area contributed by atoms with Crippen LogP contribution in [0.1, 0.15) is 11.1 Å². The van der Waals surface area contributed by atoms with Crippen molar-refractivity contribution >= 4 is 6.03 Å². The summed E-state index contributed by atoms with van der Waals surface area (Å²) in [4.78, 5) is 11.7. The van der Waals surface area contributed by atoms with E-state index in [0.717, 1.165) is 11.1 Å². The van der Waals surface area contributed by atoms with Gasteiger partial charge in [0.2, 0.25) is 0 Å². The van der Waals surface area contributed by atoms with Gasteiger partial charge in [0.1, 0.15) is 11.6 Å². The van der Waals surface area contributed by atoms with Crippen molar-refractivity contribution < 1.29 is 22.7 Å². The average Bonchev–Trinajstić information content (AvgIpc) is 2.56. The summed E-state index contributed by atoms with van der Waals surface area (Å²) in [5.74, 6) is -0.200. The van der Waals surface area contributed by atoms with Crippen molar-refractivity contribution in [2.45, 2.75) is 19.5 Å². The molecule has 0 saturated heterocycles. The Morgan fingerprint density at radius 2 is 1.60 bits per heavy atom. The van der Waals surface area contributed by atoms with Gasteiger partial charge in [-0.15, -0.1) is 0 Å². The first-order valence-electron chi connectivity index (χ1n) is 7.83. The lowest BCUT2D eigenvalue weighted by Gasteiger charge is -2.09. The SMILES string of the molecule is O=C(NCCc1ccc(OC(F)F)cc1)NCCc1cccc(F)c1. The van der Waals surface area contributed by atoms with E-state index in [2.05, 4.69) is 15.4 Å². The smallest absolute Gasteiger partial charge is 0.387 e. The van der Waals surface area contributed by atoms with E-state index >= 15 is 0 Å². The fraction of sp³-hybridized carbons (Fsp3) is 0.278. The highest BCUT2D eigenvalue weighted by atomic mass is 19.3. The molecular formula is C18H19F3N2O2. The monoisotopic (exact) mass is 352 g/mol. The van der Waals surface area contributed by atoms with Crippen molar-refractivity contribution in [1.29, 1.82) is 0 Å². The molecule has 0 aliphatic rings. The second kappa shape index (κ2) is 9.56. The second-order valence-electron chi connectivity index (χ2n) is 5.34. The Morgan fingerprint density at radius 1 is 0.960 bits per heavy atom. The number of ether oxygens (including phenoxy) is 1. The molecule has 2 amide bonds. The minimum atomic E-state index is -2.84. The molecule has 0 aromatic heterocycles. The zero-order valence-corrected chi connectivity index (χ0v) is 13.5. The largest absolute Gasteiger partial charge is 0.435 e. The fourth-order valence-corrected chi connectivity index (χ4v) is 2.23. The number of hydrogen-bond donors (Lipinski definition) is 2. The Morgan fingerprint density at radius 3 is 2.20 bits per heavy atom. The Balaban J connectivity index is 1.63. The lowest BCUT2D eigenvalue weighted by molar-refractivity contribution is -0.0498. The van der Waals surface area contributed by atoms with Gasteiger partial charge >= 0.3 is 12.6 Å². The number of carbonyl (C=O) groups excluding carboxylic acids is 1. The summed E-state index contributed by atoms with van der Waals surface area (Å²) >= 11 is 0. The number of rotatable bonds is 8. The summed E-state index contributed by atoms with van der Waals surface area (Å²) in [6.07, 6.45) is 1.10. The highest BCUT2D eigenvalue weighted by Gasteiger charge is 2.04. The molecular weight excluding hydrogens is 333 g/mol.